The molecule has 1 aromatic heterocycles. The van der Waals surface area contributed by atoms with Gasteiger partial charge in [0.1, 0.15) is 5.03 Å². The standard InChI is InChI=1S/C9H10BrClFNS/c1-9(2,5-11)14-8-7(12)3-6(10)4-13-8/h3-4H,5H2,1-2H3. The number of nitrogens with zero attached hydrogens (tertiary/aromatic N) is 1. The maximum atomic E-state index is 13.4. The minimum atomic E-state index is -0.317. The van der Waals surface area contributed by atoms with Crippen LogP contribution in [0.2, 0.25) is 0 Å². The number of alkyl halides is 1. The minimum Gasteiger partial charge on any atom is -0.246 e. The Morgan fingerprint density at radius 1 is 1.64 bits per heavy atom. The molecule has 0 saturated heterocycles. The van der Waals surface area contributed by atoms with Crippen molar-refractivity contribution in [2.45, 2.75) is 23.6 Å². The Balaban J connectivity index is 2.87. The molecule has 1 aromatic rings. The number of hydrogen-bond acceptors (Lipinski definition) is 2. The van der Waals surface area contributed by atoms with Gasteiger partial charge < -0.3 is 0 Å². The highest BCUT2D eigenvalue weighted by molar-refractivity contribution is 9.10. The van der Waals surface area contributed by atoms with Gasteiger partial charge in [-0.2, -0.15) is 0 Å². The van der Waals surface area contributed by atoms with Crippen molar-refractivity contribution in [2.24, 2.45) is 0 Å². The van der Waals surface area contributed by atoms with E-state index < -0.39 is 0 Å². The molecule has 14 heavy (non-hydrogen) atoms. The van der Waals surface area contributed by atoms with E-state index >= 15 is 0 Å². The second-order valence-corrected chi connectivity index (χ2v) is 6.31. The lowest BCUT2D eigenvalue weighted by molar-refractivity contribution is 0.584. The summed E-state index contributed by atoms with van der Waals surface area (Å²) in [6.07, 6.45) is 1.58. The van der Waals surface area contributed by atoms with Crippen LogP contribution in [0.4, 0.5) is 4.39 Å². The Hall–Kier alpha value is 0.200. The van der Waals surface area contributed by atoms with Gasteiger partial charge in [0.15, 0.2) is 5.82 Å². The summed E-state index contributed by atoms with van der Waals surface area (Å²) < 4.78 is 13.8. The lowest BCUT2D eigenvalue weighted by atomic mass is 10.2. The first-order valence-electron chi connectivity index (χ1n) is 4.00. The summed E-state index contributed by atoms with van der Waals surface area (Å²) in [5.74, 6) is 0.136. The highest BCUT2D eigenvalue weighted by Crippen LogP contribution is 2.33. The van der Waals surface area contributed by atoms with E-state index in [9.17, 15) is 4.39 Å². The SMILES string of the molecule is CC(C)(CCl)Sc1ncc(Br)cc1F. The summed E-state index contributed by atoms with van der Waals surface area (Å²) in [5.41, 5.74) is 0. The van der Waals surface area contributed by atoms with Crippen molar-refractivity contribution in [1.82, 2.24) is 4.98 Å². The molecular formula is C9H10BrClFNS. The van der Waals surface area contributed by atoms with Crippen molar-refractivity contribution in [3.63, 3.8) is 0 Å². The third kappa shape index (κ3) is 3.41. The number of pyridine rings is 1. The van der Waals surface area contributed by atoms with Gasteiger partial charge in [-0.15, -0.1) is 11.6 Å². The third-order valence-corrected chi connectivity index (χ3v) is 3.92. The van der Waals surface area contributed by atoms with Crippen LogP contribution in [0.25, 0.3) is 0 Å². The Labute approximate surface area is 101 Å². The number of aromatic nitrogens is 1. The van der Waals surface area contributed by atoms with Crippen molar-refractivity contribution >= 4 is 39.3 Å². The van der Waals surface area contributed by atoms with Crippen molar-refractivity contribution in [2.75, 3.05) is 5.88 Å². The zero-order chi connectivity index (χ0) is 10.8. The average Bonchev–Trinajstić information content (AvgIpc) is 2.10. The maximum absolute atomic E-state index is 13.4. The van der Waals surface area contributed by atoms with Gasteiger partial charge in [-0.05, 0) is 35.8 Å². The van der Waals surface area contributed by atoms with Crippen LogP contribution in [0.15, 0.2) is 21.8 Å². The van der Waals surface area contributed by atoms with Crippen molar-refractivity contribution in [3.8, 4) is 0 Å². The van der Waals surface area contributed by atoms with Gasteiger partial charge in [0.2, 0.25) is 0 Å². The predicted octanol–water partition coefficient (Wildman–Crippen LogP) is 4.09. The van der Waals surface area contributed by atoms with Gasteiger partial charge in [-0.3, -0.25) is 0 Å². The topological polar surface area (TPSA) is 12.9 Å². The first-order valence-corrected chi connectivity index (χ1v) is 6.15. The fourth-order valence-corrected chi connectivity index (χ4v) is 2.07. The van der Waals surface area contributed by atoms with Crippen LogP contribution in [-0.2, 0) is 0 Å². The number of rotatable bonds is 3. The Bertz CT molecular complexity index is 333. The first kappa shape index (κ1) is 12.3. The third-order valence-electron chi connectivity index (χ3n) is 1.47. The van der Waals surface area contributed by atoms with Crippen LogP contribution in [0, 0.1) is 5.82 Å². The molecule has 0 bridgehead atoms. The minimum absolute atomic E-state index is 0.205. The highest BCUT2D eigenvalue weighted by Gasteiger charge is 2.20. The molecule has 0 aliphatic heterocycles. The first-order chi connectivity index (χ1) is 6.44. The maximum Gasteiger partial charge on any atom is 0.156 e. The van der Waals surface area contributed by atoms with Crippen molar-refractivity contribution < 1.29 is 4.39 Å². The van der Waals surface area contributed by atoms with E-state index in [1.807, 2.05) is 13.8 Å². The Kier molecular flexibility index (Phi) is 4.22. The summed E-state index contributed by atoms with van der Waals surface area (Å²) in [6, 6.07) is 1.40. The highest BCUT2D eigenvalue weighted by atomic mass is 79.9. The van der Waals surface area contributed by atoms with E-state index in [0.717, 1.165) is 0 Å². The quantitative estimate of drug-likeness (QED) is 0.616. The molecule has 0 aromatic carbocycles. The number of thioether (sulfide) groups is 1. The molecule has 0 fully saturated rings. The molecule has 0 atom stereocenters. The molecule has 1 rings (SSSR count). The van der Waals surface area contributed by atoms with Gasteiger partial charge in [0.25, 0.3) is 0 Å². The van der Waals surface area contributed by atoms with Crippen LogP contribution >= 0.6 is 39.3 Å². The fraction of sp³-hybridized carbons (Fsp3) is 0.444. The molecule has 0 N–H and O–H groups in total. The second-order valence-electron chi connectivity index (χ2n) is 3.44. The summed E-state index contributed by atoms with van der Waals surface area (Å²) in [6.45, 7) is 3.90. The van der Waals surface area contributed by atoms with E-state index in [1.54, 1.807) is 6.20 Å². The molecule has 1 heterocycles. The van der Waals surface area contributed by atoms with Crippen LogP contribution in [0.5, 0.6) is 0 Å². The molecule has 0 saturated carbocycles. The molecule has 0 aliphatic rings. The zero-order valence-electron chi connectivity index (χ0n) is 7.85. The molecule has 78 valence electrons. The van der Waals surface area contributed by atoms with Gasteiger partial charge in [-0.1, -0.05) is 11.8 Å². The Morgan fingerprint density at radius 3 is 2.79 bits per heavy atom. The number of hydrogen-bond donors (Lipinski definition) is 0. The smallest absolute Gasteiger partial charge is 0.156 e. The molecule has 0 amide bonds. The summed E-state index contributed by atoms with van der Waals surface area (Å²) in [4.78, 5) is 3.99. The van der Waals surface area contributed by atoms with Crippen molar-refractivity contribution in [1.29, 1.82) is 0 Å². The monoisotopic (exact) mass is 297 g/mol. The lowest BCUT2D eigenvalue weighted by Crippen LogP contribution is -2.16. The zero-order valence-corrected chi connectivity index (χ0v) is 11.0. The molecule has 0 aliphatic carbocycles. The molecule has 0 radical (unpaired) electrons. The summed E-state index contributed by atoms with van der Waals surface area (Å²) >= 11 is 10.2. The second kappa shape index (κ2) is 4.81. The van der Waals surface area contributed by atoms with Gasteiger partial charge in [-0.25, -0.2) is 9.37 Å². The Morgan fingerprint density at radius 2 is 2.29 bits per heavy atom. The van der Waals surface area contributed by atoms with Crippen LogP contribution in [-0.4, -0.2) is 15.6 Å². The van der Waals surface area contributed by atoms with Crippen molar-refractivity contribution in [3.05, 3.63) is 22.6 Å². The van der Waals surface area contributed by atoms with E-state index in [-0.39, 0.29) is 10.6 Å². The average molecular weight is 299 g/mol. The molecule has 5 heteroatoms. The van der Waals surface area contributed by atoms with E-state index in [0.29, 0.717) is 15.4 Å². The van der Waals surface area contributed by atoms with E-state index in [2.05, 4.69) is 20.9 Å². The molecule has 0 unspecified atom stereocenters. The predicted molar refractivity (Wildman–Crippen MR) is 62.6 cm³/mol. The number of halogens is 3. The molecular weight excluding hydrogens is 289 g/mol. The van der Waals surface area contributed by atoms with Crippen LogP contribution in [0.3, 0.4) is 0 Å². The normalized spacial score (nSPS) is 11.8. The van der Waals surface area contributed by atoms with Gasteiger partial charge in [0.05, 0.1) is 0 Å². The van der Waals surface area contributed by atoms with Crippen LogP contribution < -0.4 is 0 Å². The molecule has 0 spiro atoms. The summed E-state index contributed by atoms with van der Waals surface area (Å²) in [7, 11) is 0. The van der Waals surface area contributed by atoms with Crippen LogP contribution in [0.1, 0.15) is 13.8 Å². The van der Waals surface area contributed by atoms with E-state index in [4.69, 9.17) is 11.6 Å². The lowest BCUT2D eigenvalue weighted by Gasteiger charge is -2.19. The largest absolute Gasteiger partial charge is 0.246 e. The van der Waals surface area contributed by atoms with Gasteiger partial charge in [0, 0.05) is 21.3 Å². The fourth-order valence-electron chi connectivity index (χ4n) is 0.766. The molecule has 1 nitrogen and oxygen atoms in total. The summed E-state index contributed by atoms with van der Waals surface area (Å²) in [5, 5.41) is 0.388. The van der Waals surface area contributed by atoms with Gasteiger partial charge >= 0.3 is 0 Å². The van der Waals surface area contributed by atoms with E-state index in [1.165, 1.54) is 17.8 Å².